The minimum absolute atomic E-state index is 0.239. The molecule has 0 unspecified atom stereocenters. The van der Waals surface area contributed by atoms with Crippen molar-refractivity contribution in [3.05, 3.63) is 0 Å². The van der Waals surface area contributed by atoms with Gasteiger partial charge in [0.1, 0.15) is 0 Å². The summed E-state index contributed by atoms with van der Waals surface area (Å²) in [4.78, 5) is 12.9. The van der Waals surface area contributed by atoms with E-state index in [1.165, 1.54) is 0 Å². The summed E-state index contributed by atoms with van der Waals surface area (Å²) in [7, 11) is 0. The van der Waals surface area contributed by atoms with Gasteiger partial charge in [0.2, 0.25) is 5.91 Å². The number of nitrogens with zero attached hydrogens (tertiary/aromatic N) is 1. The van der Waals surface area contributed by atoms with E-state index in [4.69, 9.17) is 9.47 Å². The largest absolute Gasteiger partial charge is 0.379 e. The van der Waals surface area contributed by atoms with Crippen molar-refractivity contribution in [2.75, 3.05) is 52.6 Å². The molecule has 94 valence electrons. The van der Waals surface area contributed by atoms with Crippen molar-refractivity contribution in [3.8, 4) is 0 Å². The molecule has 2 rings (SSSR count). The third kappa shape index (κ3) is 5.44. The van der Waals surface area contributed by atoms with Gasteiger partial charge in [-0.1, -0.05) is 6.92 Å². The molecule has 0 bridgehead atoms. The summed E-state index contributed by atoms with van der Waals surface area (Å²) in [6, 6.07) is 0. The molecule has 0 spiro atoms. The van der Waals surface area contributed by atoms with Gasteiger partial charge in [0.25, 0.3) is 0 Å². The topological polar surface area (TPSA) is 50.8 Å². The first kappa shape index (κ1) is 13.4. The molecule has 1 amide bonds. The van der Waals surface area contributed by atoms with Crippen LogP contribution in [0, 0.1) is 0 Å². The number of ether oxygens (including phenoxy) is 2. The van der Waals surface area contributed by atoms with Gasteiger partial charge < -0.3 is 19.7 Å². The van der Waals surface area contributed by atoms with E-state index in [1.807, 2.05) is 11.8 Å². The van der Waals surface area contributed by atoms with Crippen LogP contribution in [0.4, 0.5) is 0 Å². The third-order valence-corrected chi connectivity index (χ3v) is 2.51. The lowest BCUT2D eigenvalue weighted by Crippen LogP contribution is -2.40. The van der Waals surface area contributed by atoms with Crippen LogP contribution in [0.1, 0.15) is 13.3 Å². The maximum Gasteiger partial charge on any atom is 0.222 e. The molecule has 2 fully saturated rings. The molecule has 1 N–H and O–H groups in total. The first-order valence-corrected chi connectivity index (χ1v) is 5.98. The fraction of sp³-hybridized carbons (Fsp3) is 0.909. The number of rotatable bonds is 1. The lowest BCUT2D eigenvalue weighted by atomic mass is 10.3. The Kier molecular flexibility index (Phi) is 7.12. The lowest BCUT2D eigenvalue weighted by Gasteiger charge is -2.26. The van der Waals surface area contributed by atoms with Crippen molar-refractivity contribution in [1.29, 1.82) is 0 Å². The van der Waals surface area contributed by atoms with E-state index in [0.717, 1.165) is 39.4 Å². The van der Waals surface area contributed by atoms with Crippen LogP contribution in [-0.4, -0.2) is 63.4 Å². The van der Waals surface area contributed by atoms with E-state index >= 15 is 0 Å². The molecular formula is C11H22N2O3. The van der Waals surface area contributed by atoms with Crippen LogP contribution in [0.25, 0.3) is 0 Å². The van der Waals surface area contributed by atoms with E-state index in [9.17, 15) is 4.79 Å². The number of morpholine rings is 2. The first-order valence-electron chi connectivity index (χ1n) is 5.98. The molecule has 2 saturated heterocycles. The van der Waals surface area contributed by atoms with Gasteiger partial charge >= 0.3 is 0 Å². The van der Waals surface area contributed by atoms with Crippen LogP contribution in [0.15, 0.2) is 0 Å². The van der Waals surface area contributed by atoms with Crippen LogP contribution in [0.5, 0.6) is 0 Å². The fourth-order valence-electron chi connectivity index (χ4n) is 1.55. The van der Waals surface area contributed by atoms with Gasteiger partial charge in [-0.05, 0) is 0 Å². The van der Waals surface area contributed by atoms with E-state index in [2.05, 4.69) is 5.32 Å². The summed E-state index contributed by atoms with van der Waals surface area (Å²) in [6.45, 7) is 8.66. The Morgan fingerprint density at radius 1 is 1.12 bits per heavy atom. The predicted octanol–water partition coefficient (Wildman–Crippen LogP) is -0.139. The Hall–Kier alpha value is -0.650. The second-order valence-corrected chi connectivity index (χ2v) is 3.71. The minimum Gasteiger partial charge on any atom is -0.379 e. The molecule has 2 aliphatic heterocycles. The molecule has 2 heterocycles. The smallest absolute Gasteiger partial charge is 0.222 e. The molecule has 0 aromatic rings. The van der Waals surface area contributed by atoms with Crippen LogP contribution in [0.3, 0.4) is 0 Å². The highest BCUT2D eigenvalue weighted by molar-refractivity contribution is 5.75. The van der Waals surface area contributed by atoms with Gasteiger partial charge in [-0.15, -0.1) is 0 Å². The monoisotopic (exact) mass is 230 g/mol. The van der Waals surface area contributed by atoms with Gasteiger partial charge in [-0.25, -0.2) is 0 Å². The van der Waals surface area contributed by atoms with Gasteiger partial charge in [0.15, 0.2) is 0 Å². The van der Waals surface area contributed by atoms with Crippen LogP contribution < -0.4 is 5.32 Å². The average Bonchev–Trinajstić information content (AvgIpc) is 2.41. The average molecular weight is 230 g/mol. The number of hydrogen-bond donors (Lipinski definition) is 1. The number of carbonyl (C=O) groups is 1. The molecule has 0 saturated carbocycles. The molecule has 5 heteroatoms. The van der Waals surface area contributed by atoms with E-state index < -0.39 is 0 Å². The highest BCUT2D eigenvalue weighted by Crippen LogP contribution is 1.98. The van der Waals surface area contributed by atoms with Crippen molar-refractivity contribution < 1.29 is 14.3 Å². The summed E-state index contributed by atoms with van der Waals surface area (Å²) < 4.78 is 10.1. The Balaban J connectivity index is 0.000000181. The Bertz CT molecular complexity index is 178. The van der Waals surface area contributed by atoms with Gasteiger partial charge in [0, 0.05) is 32.6 Å². The second kappa shape index (κ2) is 8.50. The lowest BCUT2D eigenvalue weighted by molar-refractivity contribution is -0.134. The Morgan fingerprint density at radius 3 is 2.06 bits per heavy atom. The van der Waals surface area contributed by atoms with Crippen LogP contribution in [-0.2, 0) is 14.3 Å². The standard InChI is InChI=1S/C7H13NO2.C4H9NO/c1-2-7(9)8-3-5-10-6-4-8;1-3-6-4-2-5-1/h2-6H2,1H3;5H,1-4H2. The summed E-state index contributed by atoms with van der Waals surface area (Å²) in [5.74, 6) is 0.239. The Morgan fingerprint density at radius 2 is 1.69 bits per heavy atom. The molecule has 0 aromatic heterocycles. The summed E-state index contributed by atoms with van der Waals surface area (Å²) in [6.07, 6.45) is 0.611. The Labute approximate surface area is 97.1 Å². The van der Waals surface area contributed by atoms with Crippen LogP contribution >= 0.6 is 0 Å². The maximum atomic E-state index is 11.0. The zero-order valence-electron chi connectivity index (χ0n) is 10.0. The minimum atomic E-state index is 0.239. The predicted molar refractivity (Wildman–Crippen MR) is 61.4 cm³/mol. The number of nitrogens with one attached hydrogen (secondary N) is 1. The maximum absolute atomic E-state index is 11.0. The van der Waals surface area contributed by atoms with Crippen LogP contribution in [0.2, 0.25) is 0 Å². The second-order valence-electron chi connectivity index (χ2n) is 3.71. The van der Waals surface area contributed by atoms with E-state index in [1.54, 1.807) is 0 Å². The van der Waals surface area contributed by atoms with Gasteiger partial charge in [-0.2, -0.15) is 0 Å². The van der Waals surface area contributed by atoms with Crippen molar-refractivity contribution in [1.82, 2.24) is 10.2 Å². The van der Waals surface area contributed by atoms with Crippen molar-refractivity contribution in [2.24, 2.45) is 0 Å². The molecule has 0 atom stereocenters. The summed E-state index contributed by atoms with van der Waals surface area (Å²) in [5.41, 5.74) is 0. The normalized spacial score (nSPS) is 20.9. The highest BCUT2D eigenvalue weighted by atomic mass is 16.5. The van der Waals surface area contributed by atoms with E-state index in [0.29, 0.717) is 19.6 Å². The third-order valence-electron chi connectivity index (χ3n) is 2.51. The molecule has 0 aliphatic carbocycles. The van der Waals surface area contributed by atoms with Crippen molar-refractivity contribution in [3.63, 3.8) is 0 Å². The quantitative estimate of drug-likeness (QED) is 0.681. The van der Waals surface area contributed by atoms with Gasteiger partial charge in [0.05, 0.1) is 26.4 Å². The number of hydrogen-bond acceptors (Lipinski definition) is 4. The molecule has 0 aromatic carbocycles. The van der Waals surface area contributed by atoms with Gasteiger partial charge in [-0.3, -0.25) is 4.79 Å². The summed E-state index contributed by atoms with van der Waals surface area (Å²) in [5, 5.41) is 3.16. The summed E-state index contributed by atoms with van der Waals surface area (Å²) >= 11 is 0. The van der Waals surface area contributed by atoms with Crippen molar-refractivity contribution >= 4 is 5.91 Å². The van der Waals surface area contributed by atoms with Crippen molar-refractivity contribution in [2.45, 2.75) is 13.3 Å². The molecule has 16 heavy (non-hydrogen) atoms. The molecular weight excluding hydrogens is 208 g/mol. The molecule has 0 radical (unpaired) electrons. The zero-order chi connectivity index (χ0) is 11.6. The molecule has 5 nitrogen and oxygen atoms in total. The zero-order valence-corrected chi connectivity index (χ0v) is 10.0. The fourth-order valence-corrected chi connectivity index (χ4v) is 1.55. The number of amides is 1. The SMILES string of the molecule is C1COCCN1.CCC(=O)N1CCOCC1. The highest BCUT2D eigenvalue weighted by Gasteiger charge is 2.13. The van der Waals surface area contributed by atoms with E-state index in [-0.39, 0.29) is 5.91 Å². The molecule has 2 aliphatic rings. The first-order chi connectivity index (χ1) is 7.84. The number of carbonyl (C=O) groups excluding carboxylic acids is 1.